The minimum Gasteiger partial charge on any atom is -0.325 e. The lowest BCUT2D eigenvalue weighted by atomic mass is 10.0. The predicted octanol–water partition coefficient (Wildman–Crippen LogP) is 5.40. The van der Waals surface area contributed by atoms with Gasteiger partial charge in [0.15, 0.2) is 11.0 Å². The van der Waals surface area contributed by atoms with Crippen molar-refractivity contribution in [1.82, 2.24) is 19.7 Å². The summed E-state index contributed by atoms with van der Waals surface area (Å²) in [5, 5.41) is 13.1. The summed E-state index contributed by atoms with van der Waals surface area (Å²) in [4.78, 5) is 14.6. The second kappa shape index (κ2) is 10.3. The number of nitrogens with zero attached hydrogens (tertiary/aromatic N) is 4. The molecule has 164 valence electrons. The third-order valence-corrected chi connectivity index (χ3v) is 6.27. The van der Waals surface area contributed by atoms with Gasteiger partial charge in [0.05, 0.1) is 11.8 Å². The Hall–Kier alpha value is -2.35. The van der Waals surface area contributed by atoms with Crippen LogP contribution in [-0.2, 0) is 4.79 Å². The Balaban J connectivity index is 1.76. The first-order chi connectivity index (χ1) is 14.8. The largest absolute Gasteiger partial charge is 0.325 e. The van der Waals surface area contributed by atoms with Crippen LogP contribution < -0.4 is 5.32 Å². The molecule has 0 radical (unpaired) electrons. The van der Waals surface area contributed by atoms with E-state index >= 15 is 0 Å². The number of rotatable bonds is 8. The summed E-state index contributed by atoms with van der Waals surface area (Å²) in [5.74, 6) is 1.40. The number of aromatic nitrogens is 3. The SMILES string of the molecule is CC(C)c1ccc(NC(=O)CSc2nnc(C(C)N(C)C)n2-c2ccc(Cl)cc2)cc1. The lowest BCUT2D eigenvalue weighted by Gasteiger charge is -2.20. The summed E-state index contributed by atoms with van der Waals surface area (Å²) >= 11 is 7.42. The van der Waals surface area contributed by atoms with Crippen molar-refractivity contribution in [2.75, 3.05) is 25.2 Å². The quantitative estimate of drug-likeness (QED) is 0.459. The summed E-state index contributed by atoms with van der Waals surface area (Å²) in [6.07, 6.45) is 0. The highest BCUT2D eigenvalue weighted by Gasteiger charge is 2.21. The van der Waals surface area contributed by atoms with Crippen LogP contribution in [0.1, 0.15) is 44.1 Å². The molecule has 0 spiro atoms. The second-order valence-corrected chi connectivity index (χ2v) is 9.28. The lowest BCUT2D eigenvalue weighted by molar-refractivity contribution is -0.113. The molecule has 3 rings (SSSR count). The van der Waals surface area contributed by atoms with Gasteiger partial charge < -0.3 is 5.32 Å². The highest BCUT2D eigenvalue weighted by atomic mass is 35.5. The molecule has 6 nitrogen and oxygen atoms in total. The van der Waals surface area contributed by atoms with E-state index < -0.39 is 0 Å². The number of anilines is 1. The molecule has 8 heteroatoms. The monoisotopic (exact) mass is 457 g/mol. The first-order valence-corrected chi connectivity index (χ1v) is 11.5. The molecule has 1 heterocycles. The lowest BCUT2D eigenvalue weighted by Crippen LogP contribution is -2.21. The molecular formula is C23H28ClN5OS. The number of amides is 1. The van der Waals surface area contributed by atoms with E-state index in [1.165, 1.54) is 17.3 Å². The van der Waals surface area contributed by atoms with Crippen LogP contribution in [0.4, 0.5) is 5.69 Å². The van der Waals surface area contributed by atoms with E-state index in [0.29, 0.717) is 16.1 Å². The number of thioether (sulfide) groups is 1. The summed E-state index contributed by atoms with van der Waals surface area (Å²) < 4.78 is 1.98. The van der Waals surface area contributed by atoms with Crippen molar-refractivity contribution < 1.29 is 4.79 Å². The fraction of sp³-hybridized carbons (Fsp3) is 0.348. The van der Waals surface area contributed by atoms with E-state index in [0.717, 1.165) is 17.2 Å². The molecule has 0 bridgehead atoms. The molecular weight excluding hydrogens is 430 g/mol. The van der Waals surface area contributed by atoms with E-state index in [1.54, 1.807) is 0 Å². The maximum atomic E-state index is 12.5. The number of hydrogen-bond donors (Lipinski definition) is 1. The number of benzene rings is 2. The molecule has 0 aliphatic carbocycles. The number of nitrogens with one attached hydrogen (secondary N) is 1. The Morgan fingerprint density at radius 1 is 1.06 bits per heavy atom. The average molecular weight is 458 g/mol. The van der Waals surface area contributed by atoms with Crippen LogP contribution >= 0.6 is 23.4 Å². The smallest absolute Gasteiger partial charge is 0.234 e. The fourth-order valence-electron chi connectivity index (χ4n) is 2.99. The maximum Gasteiger partial charge on any atom is 0.234 e. The maximum absolute atomic E-state index is 12.5. The van der Waals surface area contributed by atoms with E-state index in [1.807, 2.05) is 67.2 Å². The molecule has 1 N–H and O–H groups in total. The summed E-state index contributed by atoms with van der Waals surface area (Å²) in [6.45, 7) is 6.36. The zero-order valence-electron chi connectivity index (χ0n) is 18.5. The molecule has 0 fully saturated rings. The summed E-state index contributed by atoms with van der Waals surface area (Å²) in [7, 11) is 3.99. The molecule has 31 heavy (non-hydrogen) atoms. The topological polar surface area (TPSA) is 63.1 Å². The van der Waals surface area contributed by atoms with Gasteiger partial charge in [-0.2, -0.15) is 0 Å². The van der Waals surface area contributed by atoms with Crippen LogP contribution in [0.2, 0.25) is 5.02 Å². The highest BCUT2D eigenvalue weighted by molar-refractivity contribution is 7.99. The van der Waals surface area contributed by atoms with Gasteiger partial charge in [-0.1, -0.05) is 49.3 Å². The van der Waals surface area contributed by atoms with E-state index in [2.05, 4.69) is 41.2 Å². The van der Waals surface area contributed by atoms with Gasteiger partial charge in [0.1, 0.15) is 0 Å². The molecule has 0 saturated heterocycles. The van der Waals surface area contributed by atoms with Gasteiger partial charge in [-0.3, -0.25) is 14.3 Å². The summed E-state index contributed by atoms with van der Waals surface area (Å²) in [6, 6.07) is 15.5. The molecule has 0 saturated carbocycles. The van der Waals surface area contributed by atoms with Crippen molar-refractivity contribution in [3.63, 3.8) is 0 Å². The normalized spacial score (nSPS) is 12.4. The first kappa shape index (κ1) is 23.3. The number of hydrogen-bond acceptors (Lipinski definition) is 5. The third kappa shape index (κ3) is 5.87. The highest BCUT2D eigenvalue weighted by Crippen LogP contribution is 2.27. The summed E-state index contributed by atoms with van der Waals surface area (Å²) in [5.41, 5.74) is 2.94. The number of carbonyl (C=O) groups is 1. The molecule has 2 aromatic carbocycles. The Morgan fingerprint density at radius 2 is 1.71 bits per heavy atom. The van der Waals surface area contributed by atoms with Crippen LogP contribution in [0.25, 0.3) is 5.69 Å². The zero-order chi connectivity index (χ0) is 22.5. The third-order valence-electron chi connectivity index (χ3n) is 5.08. The Kier molecular flexibility index (Phi) is 7.75. The van der Waals surface area contributed by atoms with Crippen molar-refractivity contribution in [1.29, 1.82) is 0 Å². The van der Waals surface area contributed by atoms with Gasteiger partial charge >= 0.3 is 0 Å². The molecule has 1 unspecified atom stereocenters. The molecule has 1 amide bonds. The number of halogens is 1. The van der Waals surface area contributed by atoms with E-state index in [9.17, 15) is 4.79 Å². The van der Waals surface area contributed by atoms with Gasteiger partial charge in [-0.25, -0.2) is 0 Å². The Labute approximate surface area is 193 Å². The second-order valence-electron chi connectivity index (χ2n) is 7.91. The standard InChI is InChI=1S/C23H28ClN5OS/c1-15(2)17-6-10-19(11-7-17)25-21(30)14-31-23-27-26-22(16(3)28(4)5)29(23)20-12-8-18(24)9-13-20/h6-13,15-16H,14H2,1-5H3,(H,25,30). The molecule has 1 aromatic heterocycles. The van der Waals surface area contributed by atoms with Crippen LogP contribution in [0, 0.1) is 0 Å². The number of carbonyl (C=O) groups excluding carboxylic acids is 1. The van der Waals surface area contributed by atoms with Crippen LogP contribution in [0.15, 0.2) is 53.7 Å². The van der Waals surface area contributed by atoms with Gasteiger partial charge in [0.25, 0.3) is 0 Å². The zero-order valence-corrected chi connectivity index (χ0v) is 20.0. The Bertz CT molecular complexity index is 1020. The molecule has 1 atom stereocenters. The van der Waals surface area contributed by atoms with Gasteiger partial charge in [-0.15, -0.1) is 10.2 Å². The predicted molar refractivity (Wildman–Crippen MR) is 128 cm³/mol. The van der Waals surface area contributed by atoms with Crippen LogP contribution in [0.3, 0.4) is 0 Å². The van der Waals surface area contributed by atoms with Crippen molar-refractivity contribution in [2.24, 2.45) is 0 Å². The van der Waals surface area contributed by atoms with Gasteiger partial charge in [-0.05, 0) is 68.9 Å². The van der Waals surface area contributed by atoms with Crippen molar-refractivity contribution >= 4 is 35.0 Å². The minimum atomic E-state index is -0.0878. The minimum absolute atomic E-state index is 0.0471. The first-order valence-electron chi connectivity index (χ1n) is 10.2. The van der Waals surface area contributed by atoms with Crippen molar-refractivity contribution in [3.05, 3.63) is 64.9 Å². The van der Waals surface area contributed by atoms with Gasteiger partial charge in [0.2, 0.25) is 5.91 Å². The van der Waals surface area contributed by atoms with Crippen molar-refractivity contribution in [3.8, 4) is 5.69 Å². The molecule has 0 aliphatic heterocycles. The van der Waals surface area contributed by atoms with E-state index in [4.69, 9.17) is 11.6 Å². The van der Waals surface area contributed by atoms with Crippen LogP contribution in [0.5, 0.6) is 0 Å². The fourth-order valence-corrected chi connectivity index (χ4v) is 3.87. The van der Waals surface area contributed by atoms with Crippen molar-refractivity contribution in [2.45, 2.75) is 37.9 Å². The Morgan fingerprint density at radius 3 is 2.29 bits per heavy atom. The van der Waals surface area contributed by atoms with E-state index in [-0.39, 0.29) is 17.7 Å². The van der Waals surface area contributed by atoms with Crippen LogP contribution in [-0.4, -0.2) is 45.4 Å². The molecule has 0 aliphatic rings. The van der Waals surface area contributed by atoms with Gasteiger partial charge in [0, 0.05) is 16.4 Å². The average Bonchev–Trinajstić information content (AvgIpc) is 3.16. The molecule has 3 aromatic rings.